The molecule has 0 atom stereocenters. The van der Waals surface area contributed by atoms with Gasteiger partial charge < -0.3 is 9.15 Å². The summed E-state index contributed by atoms with van der Waals surface area (Å²) in [4.78, 5) is 35.0. The van der Waals surface area contributed by atoms with Crippen molar-refractivity contribution in [3.63, 3.8) is 0 Å². The minimum atomic E-state index is -0.413. The average molecular weight is 382 g/mol. The molecule has 0 saturated carbocycles. The number of amides is 2. The number of thioether (sulfide) groups is 1. The molecule has 1 N–H and O–H groups in total. The number of nitrogens with one attached hydrogen (secondary N) is 1. The number of hydrogen-bond donors (Lipinski definition) is 1. The summed E-state index contributed by atoms with van der Waals surface area (Å²) in [7, 11) is 0. The molecule has 1 aromatic heterocycles. The molecule has 8 heteroatoms. The molecule has 0 spiro atoms. The number of carbonyl (C=O) groups is 2. The summed E-state index contributed by atoms with van der Waals surface area (Å²) in [5.74, 6) is -0.163. The van der Waals surface area contributed by atoms with Gasteiger partial charge in [-0.2, -0.15) is 0 Å². The maximum absolute atomic E-state index is 11.9. The van der Waals surface area contributed by atoms with Gasteiger partial charge in [-0.15, -0.1) is 0 Å². The van der Waals surface area contributed by atoms with E-state index in [2.05, 4.69) is 5.32 Å². The zero-order chi connectivity index (χ0) is 18.8. The van der Waals surface area contributed by atoms with Crippen molar-refractivity contribution in [1.82, 2.24) is 9.88 Å². The molecule has 0 radical (unpaired) electrons. The Kier molecular flexibility index (Phi) is 4.55. The number of para-hydroxylation sites is 2. The number of carbonyl (C=O) groups excluding carboxylic acids is 2. The van der Waals surface area contributed by atoms with Gasteiger partial charge in [0.1, 0.15) is 12.4 Å². The van der Waals surface area contributed by atoms with Crippen LogP contribution in [0, 0.1) is 0 Å². The maximum atomic E-state index is 11.9. The third kappa shape index (κ3) is 3.65. The van der Waals surface area contributed by atoms with Crippen LogP contribution in [0.5, 0.6) is 5.75 Å². The lowest BCUT2D eigenvalue weighted by Crippen LogP contribution is -2.18. The van der Waals surface area contributed by atoms with Gasteiger partial charge in [0.2, 0.25) is 0 Å². The van der Waals surface area contributed by atoms with Crippen molar-refractivity contribution in [3.8, 4) is 5.75 Å². The third-order valence-corrected chi connectivity index (χ3v) is 4.79. The fraction of sp³-hybridized carbons (Fsp3) is 0.105. The molecule has 1 aliphatic heterocycles. The lowest BCUT2D eigenvalue weighted by molar-refractivity contribution is -0.115. The van der Waals surface area contributed by atoms with Crippen molar-refractivity contribution in [2.45, 2.75) is 6.54 Å². The number of nitrogens with zero attached hydrogens (tertiary/aromatic N) is 1. The second-order valence-electron chi connectivity index (χ2n) is 5.76. The SMILES string of the molecule is O=C1NC(=O)/C(=C/c2ccc(OCCn3c(=O)oc4ccccc43)cc2)S1. The highest BCUT2D eigenvalue weighted by molar-refractivity contribution is 8.18. The second kappa shape index (κ2) is 7.16. The molecule has 0 bridgehead atoms. The lowest BCUT2D eigenvalue weighted by Gasteiger charge is -2.07. The molecular weight excluding hydrogens is 368 g/mol. The van der Waals surface area contributed by atoms with E-state index in [1.807, 2.05) is 18.2 Å². The van der Waals surface area contributed by atoms with Crippen LogP contribution in [-0.4, -0.2) is 22.3 Å². The Hall–Kier alpha value is -3.26. The molecule has 2 amide bonds. The lowest BCUT2D eigenvalue weighted by atomic mass is 10.2. The van der Waals surface area contributed by atoms with Crippen molar-refractivity contribution in [1.29, 1.82) is 0 Å². The van der Waals surface area contributed by atoms with Crippen LogP contribution in [-0.2, 0) is 11.3 Å². The van der Waals surface area contributed by atoms with E-state index in [-0.39, 0.29) is 11.1 Å². The number of rotatable bonds is 5. The fourth-order valence-electron chi connectivity index (χ4n) is 2.71. The first-order chi connectivity index (χ1) is 13.1. The Labute approximate surface area is 157 Å². The zero-order valence-electron chi connectivity index (χ0n) is 14.0. The number of oxazole rings is 1. The van der Waals surface area contributed by atoms with Gasteiger partial charge in [-0.25, -0.2) is 4.79 Å². The summed E-state index contributed by atoms with van der Waals surface area (Å²) in [6.07, 6.45) is 1.64. The summed E-state index contributed by atoms with van der Waals surface area (Å²) >= 11 is 0.876. The highest BCUT2D eigenvalue weighted by atomic mass is 32.2. The molecule has 3 aromatic rings. The number of ether oxygens (including phenoxy) is 1. The van der Waals surface area contributed by atoms with Crippen LogP contribution >= 0.6 is 11.8 Å². The Bertz CT molecular complexity index is 1110. The Morgan fingerprint density at radius 2 is 1.85 bits per heavy atom. The third-order valence-electron chi connectivity index (χ3n) is 3.98. The van der Waals surface area contributed by atoms with Gasteiger partial charge in [-0.05, 0) is 47.7 Å². The summed E-state index contributed by atoms with van der Waals surface area (Å²) in [6.45, 7) is 0.664. The van der Waals surface area contributed by atoms with Crippen LogP contribution in [0.3, 0.4) is 0 Å². The molecular formula is C19H14N2O5S. The van der Waals surface area contributed by atoms with Gasteiger partial charge in [0, 0.05) is 0 Å². The summed E-state index contributed by atoms with van der Waals surface area (Å²) in [5.41, 5.74) is 2.06. The predicted octanol–water partition coefficient (Wildman–Crippen LogP) is 3.00. The Balaban J connectivity index is 1.40. The molecule has 27 heavy (non-hydrogen) atoms. The van der Waals surface area contributed by atoms with Crippen molar-refractivity contribution >= 4 is 40.1 Å². The molecule has 7 nitrogen and oxygen atoms in total. The minimum absolute atomic E-state index is 0.302. The highest BCUT2D eigenvalue weighted by Gasteiger charge is 2.24. The first-order valence-corrected chi connectivity index (χ1v) is 8.98. The van der Waals surface area contributed by atoms with Gasteiger partial charge in [0.15, 0.2) is 5.58 Å². The minimum Gasteiger partial charge on any atom is -0.492 e. The second-order valence-corrected chi connectivity index (χ2v) is 6.77. The smallest absolute Gasteiger partial charge is 0.420 e. The van der Waals surface area contributed by atoms with Crippen LogP contribution in [0.4, 0.5) is 4.79 Å². The standard InChI is InChI=1S/C19H14N2O5S/c22-17-16(27-18(23)20-17)11-12-5-7-13(8-6-12)25-10-9-21-14-3-1-2-4-15(14)26-19(21)24/h1-8,11H,9-10H2,(H,20,22,23)/b16-11-. The average Bonchev–Trinajstić information content (AvgIpc) is 3.14. The van der Waals surface area contributed by atoms with E-state index in [1.54, 1.807) is 36.4 Å². The van der Waals surface area contributed by atoms with Crippen LogP contribution in [0.25, 0.3) is 17.2 Å². The fourth-order valence-corrected chi connectivity index (χ4v) is 3.40. The van der Waals surface area contributed by atoms with Gasteiger partial charge in [-0.1, -0.05) is 24.3 Å². The van der Waals surface area contributed by atoms with Gasteiger partial charge in [0.25, 0.3) is 11.1 Å². The summed E-state index contributed by atoms with van der Waals surface area (Å²) in [6, 6.07) is 14.3. The van der Waals surface area contributed by atoms with E-state index < -0.39 is 5.76 Å². The van der Waals surface area contributed by atoms with Gasteiger partial charge >= 0.3 is 5.76 Å². The van der Waals surface area contributed by atoms with Crippen LogP contribution in [0.2, 0.25) is 0 Å². The molecule has 1 aliphatic rings. The van der Waals surface area contributed by atoms with E-state index in [0.29, 0.717) is 29.4 Å². The predicted molar refractivity (Wildman–Crippen MR) is 102 cm³/mol. The number of hydrogen-bond acceptors (Lipinski definition) is 6. The van der Waals surface area contributed by atoms with E-state index in [9.17, 15) is 14.4 Å². The number of aromatic nitrogens is 1. The Morgan fingerprint density at radius 3 is 2.59 bits per heavy atom. The van der Waals surface area contributed by atoms with Crippen molar-refractivity contribution in [2.75, 3.05) is 6.61 Å². The van der Waals surface area contributed by atoms with Crippen LogP contribution in [0.15, 0.2) is 62.6 Å². The topological polar surface area (TPSA) is 90.5 Å². The summed E-state index contributed by atoms with van der Waals surface area (Å²) in [5, 5.41) is 1.85. The highest BCUT2D eigenvalue weighted by Crippen LogP contribution is 2.26. The molecule has 1 fully saturated rings. The molecule has 136 valence electrons. The van der Waals surface area contributed by atoms with Crippen molar-refractivity contribution in [3.05, 3.63) is 69.6 Å². The van der Waals surface area contributed by atoms with Crippen LogP contribution < -0.4 is 15.8 Å². The molecule has 2 aromatic carbocycles. The van der Waals surface area contributed by atoms with E-state index in [4.69, 9.17) is 9.15 Å². The maximum Gasteiger partial charge on any atom is 0.420 e. The van der Waals surface area contributed by atoms with Crippen molar-refractivity contribution < 1.29 is 18.7 Å². The zero-order valence-corrected chi connectivity index (χ0v) is 14.8. The number of imide groups is 1. The number of fused-ring (bicyclic) bond motifs is 1. The molecule has 1 saturated heterocycles. The number of benzene rings is 2. The van der Waals surface area contributed by atoms with Crippen molar-refractivity contribution in [2.24, 2.45) is 0 Å². The molecule has 0 aliphatic carbocycles. The van der Waals surface area contributed by atoms with E-state index >= 15 is 0 Å². The quantitative estimate of drug-likeness (QED) is 0.682. The van der Waals surface area contributed by atoms with E-state index in [0.717, 1.165) is 22.8 Å². The van der Waals surface area contributed by atoms with Gasteiger partial charge in [-0.3, -0.25) is 19.5 Å². The van der Waals surface area contributed by atoms with Crippen LogP contribution in [0.1, 0.15) is 5.56 Å². The normalized spacial score (nSPS) is 15.5. The first kappa shape index (κ1) is 17.2. The van der Waals surface area contributed by atoms with E-state index in [1.165, 1.54) is 4.57 Å². The largest absolute Gasteiger partial charge is 0.492 e. The summed E-state index contributed by atoms with van der Waals surface area (Å²) < 4.78 is 12.4. The first-order valence-electron chi connectivity index (χ1n) is 8.16. The van der Waals surface area contributed by atoms with Gasteiger partial charge in [0.05, 0.1) is 17.0 Å². The molecule has 4 rings (SSSR count). The molecule has 0 unspecified atom stereocenters. The Morgan fingerprint density at radius 1 is 1.07 bits per heavy atom. The monoisotopic (exact) mass is 382 g/mol. The molecule has 2 heterocycles.